The first kappa shape index (κ1) is 17.2. The molecule has 1 rings (SSSR count). The minimum Gasteiger partial charge on any atom is -0.480 e. The van der Waals surface area contributed by atoms with Gasteiger partial charge in [0.25, 0.3) is 0 Å². The van der Waals surface area contributed by atoms with Crippen LogP contribution in [-0.4, -0.2) is 66.9 Å². The normalized spacial score (nSPS) is 23.3. The van der Waals surface area contributed by atoms with Crippen LogP contribution in [-0.2, 0) is 19.1 Å². The van der Waals surface area contributed by atoms with Crippen molar-refractivity contribution in [1.82, 2.24) is 10.2 Å². The van der Waals surface area contributed by atoms with Crippen molar-refractivity contribution in [2.24, 2.45) is 0 Å². The molecule has 2 amide bonds. The average Bonchev–Trinajstić information content (AvgIpc) is 2.46. The molecule has 0 aromatic rings. The summed E-state index contributed by atoms with van der Waals surface area (Å²) in [6.07, 6.45) is 1.19. The number of rotatable bonds is 5. The van der Waals surface area contributed by atoms with Gasteiger partial charge in [-0.1, -0.05) is 0 Å². The number of hydrogen-bond acceptors (Lipinski definition) is 5. The van der Waals surface area contributed by atoms with E-state index in [1.54, 1.807) is 7.11 Å². The largest absolute Gasteiger partial charge is 0.480 e. The summed E-state index contributed by atoms with van der Waals surface area (Å²) in [6, 6.07) is -1.82. The quantitative estimate of drug-likeness (QED) is 0.704. The molecule has 0 aromatic heterocycles. The molecule has 0 aromatic carbocycles. The van der Waals surface area contributed by atoms with Gasteiger partial charge in [0.2, 0.25) is 0 Å². The van der Waals surface area contributed by atoms with Crippen LogP contribution in [0.25, 0.3) is 0 Å². The third-order valence-corrected chi connectivity index (χ3v) is 3.63. The van der Waals surface area contributed by atoms with E-state index in [1.165, 1.54) is 4.90 Å². The number of nitrogens with zero attached hydrogens (tertiary/aromatic N) is 1. The van der Waals surface area contributed by atoms with Crippen molar-refractivity contribution < 1.29 is 29.0 Å². The standard InChI is InChI=1S/C13H22N2O6/c1-13(21-3)5-4-6-15(8-13)12(19)14-9(11(17)18)7-10(16)20-2/h9H,4-8H2,1-3H3,(H,14,19)(H,17,18)/t9-,13?/m0/s1. The summed E-state index contributed by atoms with van der Waals surface area (Å²) in [7, 11) is 2.75. The molecular formula is C13H22N2O6. The Kier molecular flexibility index (Phi) is 5.95. The van der Waals surface area contributed by atoms with Gasteiger partial charge in [-0.2, -0.15) is 0 Å². The Hall–Kier alpha value is -1.83. The number of esters is 1. The van der Waals surface area contributed by atoms with E-state index in [4.69, 9.17) is 9.84 Å². The zero-order valence-electron chi connectivity index (χ0n) is 12.5. The number of nitrogens with one attached hydrogen (secondary N) is 1. The van der Waals surface area contributed by atoms with Gasteiger partial charge in [0.05, 0.1) is 25.7 Å². The Morgan fingerprint density at radius 2 is 2.05 bits per heavy atom. The number of carboxylic acid groups (broad SMARTS) is 1. The van der Waals surface area contributed by atoms with Crippen LogP contribution in [0.15, 0.2) is 0 Å². The highest BCUT2D eigenvalue weighted by Gasteiger charge is 2.34. The molecule has 8 heteroatoms. The van der Waals surface area contributed by atoms with E-state index in [2.05, 4.69) is 10.1 Å². The molecule has 2 atom stereocenters. The smallest absolute Gasteiger partial charge is 0.326 e. The van der Waals surface area contributed by atoms with Crippen molar-refractivity contribution >= 4 is 18.0 Å². The molecule has 0 bridgehead atoms. The lowest BCUT2D eigenvalue weighted by atomic mass is 9.95. The third-order valence-electron chi connectivity index (χ3n) is 3.63. The summed E-state index contributed by atoms with van der Waals surface area (Å²) in [5, 5.41) is 11.4. The Balaban J connectivity index is 2.64. The first-order valence-electron chi connectivity index (χ1n) is 6.71. The molecule has 120 valence electrons. The molecule has 0 aliphatic carbocycles. The van der Waals surface area contributed by atoms with Crippen LogP contribution < -0.4 is 5.32 Å². The molecule has 8 nitrogen and oxygen atoms in total. The number of amides is 2. The molecule has 1 saturated heterocycles. The van der Waals surface area contributed by atoms with Gasteiger partial charge in [0.1, 0.15) is 6.04 Å². The molecule has 2 N–H and O–H groups in total. The van der Waals surface area contributed by atoms with Gasteiger partial charge in [0.15, 0.2) is 0 Å². The van der Waals surface area contributed by atoms with E-state index < -0.39 is 36.0 Å². The summed E-state index contributed by atoms with van der Waals surface area (Å²) in [5.41, 5.74) is -0.434. The maximum absolute atomic E-state index is 12.1. The second kappa shape index (κ2) is 7.26. The first-order valence-corrected chi connectivity index (χ1v) is 6.71. The lowest BCUT2D eigenvalue weighted by Gasteiger charge is -2.39. The summed E-state index contributed by atoms with van der Waals surface area (Å²) in [4.78, 5) is 35.9. The van der Waals surface area contributed by atoms with E-state index in [9.17, 15) is 14.4 Å². The SMILES string of the molecule is COC(=O)C[C@H](NC(=O)N1CCCC(C)(OC)C1)C(=O)O. The number of carboxylic acids is 1. The second-order valence-electron chi connectivity index (χ2n) is 5.30. The highest BCUT2D eigenvalue weighted by Crippen LogP contribution is 2.23. The number of ether oxygens (including phenoxy) is 2. The Morgan fingerprint density at radius 1 is 1.38 bits per heavy atom. The topological polar surface area (TPSA) is 105 Å². The van der Waals surface area contributed by atoms with Crippen LogP contribution in [0.5, 0.6) is 0 Å². The fourth-order valence-electron chi connectivity index (χ4n) is 2.24. The molecule has 1 aliphatic rings. The molecule has 0 radical (unpaired) electrons. The van der Waals surface area contributed by atoms with E-state index in [0.717, 1.165) is 20.0 Å². The molecule has 1 heterocycles. The fraction of sp³-hybridized carbons (Fsp3) is 0.769. The number of likely N-dealkylation sites (tertiary alicyclic amines) is 1. The predicted octanol–water partition coefficient (Wildman–Crippen LogP) is 0.213. The van der Waals surface area contributed by atoms with Crippen LogP contribution in [0, 0.1) is 0 Å². The van der Waals surface area contributed by atoms with Crippen molar-refractivity contribution in [3.8, 4) is 0 Å². The Morgan fingerprint density at radius 3 is 2.57 bits per heavy atom. The van der Waals surface area contributed by atoms with Crippen LogP contribution in [0.2, 0.25) is 0 Å². The minimum atomic E-state index is -1.30. The summed E-state index contributed by atoms with van der Waals surface area (Å²) in [5.74, 6) is -1.97. The zero-order valence-corrected chi connectivity index (χ0v) is 12.5. The van der Waals surface area contributed by atoms with Crippen molar-refractivity contribution in [1.29, 1.82) is 0 Å². The summed E-state index contributed by atoms with van der Waals surface area (Å²) >= 11 is 0. The highest BCUT2D eigenvalue weighted by atomic mass is 16.5. The summed E-state index contributed by atoms with van der Waals surface area (Å²) < 4.78 is 9.80. The maximum atomic E-state index is 12.1. The molecule has 0 saturated carbocycles. The maximum Gasteiger partial charge on any atom is 0.326 e. The van der Waals surface area contributed by atoms with Gasteiger partial charge in [-0.3, -0.25) is 4.79 Å². The van der Waals surface area contributed by atoms with Crippen molar-refractivity contribution in [3.63, 3.8) is 0 Å². The van der Waals surface area contributed by atoms with E-state index in [0.29, 0.717) is 13.1 Å². The van der Waals surface area contributed by atoms with Gasteiger partial charge in [-0.15, -0.1) is 0 Å². The van der Waals surface area contributed by atoms with Crippen LogP contribution >= 0.6 is 0 Å². The van der Waals surface area contributed by atoms with E-state index in [1.807, 2.05) is 6.92 Å². The van der Waals surface area contributed by atoms with Crippen molar-refractivity contribution in [2.45, 2.75) is 37.8 Å². The minimum absolute atomic E-state index is 0.375. The zero-order chi connectivity index (χ0) is 16.0. The monoisotopic (exact) mass is 302 g/mol. The van der Waals surface area contributed by atoms with Gasteiger partial charge < -0.3 is 24.8 Å². The first-order chi connectivity index (χ1) is 9.81. The fourth-order valence-corrected chi connectivity index (χ4v) is 2.24. The highest BCUT2D eigenvalue weighted by molar-refractivity contribution is 5.86. The number of hydrogen-bond donors (Lipinski definition) is 2. The van der Waals surface area contributed by atoms with Crippen molar-refractivity contribution in [3.05, 3.63) is 0 Å². The summed E-state index contributed by atoms with van der Waals surface area (Å²) in [6.45, 7) is 2.80. The Labute approximate surface area is 123 Å². The molecule has 1 aliphatic heterocycles. The lowest BCUT2D eigenvalue weighted by Crippen LogP contribution is -2.55. The average molecular weight is 302 g/mol. The molecule has 21 heavy (non-hydrogen) atoms. The Bertz CT molecular complexity index is 413. The van der Waals surface area contributed by atoms with Crippen LogP contribution in [0.4, 0.5) is 4.79 Å². The van der Waals surface area contributed by atoms with E-state index in [-0.39, 0.29) is 0 Å². The molecule has 1 fully saturated rings. The lowest BCUT2D eigenvalue weighted by molar-refractivity contribution is -0.147. The van der Waals surface area contributed by atoms with Gasteiger partial charge in [-0.25, -0.2) is 9.59 Å². The van der Waals surface area contributed by atoms with Gasteiger partial charge in [0, 0.05) is 13.7 Å². The van der Waals surface area contributed by atoms with Crippen molar-refractivity contribution in [2.75, 3.05) is 27.3 Å². The number of urea groups is 1. The van der Waals surface area contributed by atoms with E-state index >= 15 is 0 Å². The molecular weight excluding hydrogens is 280 g/mol. The molecule has 1 unspecified atom stereocenters. The molecule has 0 spiro atoms. The second-order valence-corrected chi connectivity index (χ2v) is 5.30. The predicted molar refractivity (Wildman–Crippen MR) is 72.8 cm³/mol. The van der Waals surface area contributed by atoms with Gasteiger partial charge >= 0.3 is 18.0 Å². The number of piperidine rings is 1. The van der Waals surface area contributed by atoms with Crippen LogP contribution in [0.1, 0.15) is 26.2 Å². The number of carbonyl (C=O) groups excluding carboxylic acids is 2. The number of methoxy groups -OCH3 is 2. The third kappa shape index (κ3) is 4.89. The van der Waals surface area contributed by atoms with Crippen LogP contribution in [0.3, 0.4) is 0 Å². The number of aliphatic carboxylic acids is 1. The number of carbonyl (C=O) groups is 3. The van der Waals surface area contributed by atoms with Gasteiger partial charge in [-0.05, 0) is 19.8 Å².